The average Bonchev–Trinajstić information content (AvgIpc) is 2.92. The van der Waals surface area contributed by atoms with Gasteiger partial charge in [-0.05, 0) is 12.5 Å². The highest BCUT2D eigenvalue weighted by atomic mass is 16.5. The topological polar surface area (TPSA) is 88.0 Å². The van der Waals surface area contributed by atoms with Gasteiger partial charge in [0.25, 0.3) is 0 Å². The molecule has 0 amide bonds. The molecule has 0 saturated heterocycles. The van der Waals surface area contributed by atoms with Crippen LogP contribution in [0, 0.1) is 6.92 Å². The van der Waals surface area contributed by atoms with Gasteiger partial charge in [-0.15, -0.1) is 0 Å². The number of nitrogens with zero attached hydrogens (tertiary/aromatic N) is 4. The van der Waals surface area contributed by atoms with Crippen molar-refractivity contribution >= 4 is 11.8 Å². The molecule has 0 bridgehead atoms. The first-order chi connectivity index (χ1) is 8.61. The molecule has 7 nitrogen and oxygen atoms in total. The third-order valence-corrected chi connectivity index (χ3v) is 2.59. The maximum atomic E-state index is 11.3. The minimum atomic E-state index is -0.527. The molecule has 0 saturated carbocycles. The van der Waals surface area contributed by atoms with Gasteiger partial charge in [0.15, 0.2) is 5.69 Å². The van der Waals surface area contributed by atoms with E-state index in [4.69, 9.17) is 5.73 Å². The summed E-state index contributed by atoms with van der Waals surface area (Å²) < 4.78 is 8.09. The van der Waals surface area contributed by atoms with E-state index in [-0.39, 0.29) is 5.69 Å². The second-order valence-electron chi connectivity index (χ2n) is 3.94. The van der Waals surface area contributed by atoms with Gasteiger partial charge in [-0.1, -0.05) is 0 Å². The molecule has 0 aliphatic rings. The van der Waals surface area contributed by atoms with E-state index in [1.807, 2.05) is 17.8 Å². The van der Waals surface area contributed by atoms with Crippen LogP contribution in [0.15, 0.2) is 18.7 Å². The number of carbonyl (C=O) groups excluding carboxylic acids is 1. The number of aryl methyl sites for hydroxylation is 3. The van der Waals surface area contributed by atoms with Crippen LogP contribution in [-0.4, -0.2) is 32.4 Å². The van der Waals surface area contributed by atoms with E-state index < -0.39 is 5.97 Å². The molecule has 2 N–H and O–H groups in total. The SMILES string of the molecule is COC(=O)c1ncn(CCn2cc(C)cn2)c1N. The van der Waals surface area contributed by atoms with Gasteiger partial charge in [-0.3, -0.25) is 4.68 Å². The molecular formula is C11H15N5O2. The highest BCUT2D eigenvalue weighted by Crippen LogP contribution is 2.11. The number of hydrogen-bond acceptors (Lipinski definition) is 5. The summed E-state index contributed by atoms with van der Waals surface area (Å²) in [6.45, 7) is 3.23. The lowest BCUT2D eigenvalue weighted by Crippen LogP contribution is -2.11. The number of aromatic nitrogens is 4. The first-order valence-corrected chi connectivity index (χ1v) is 5.49. The third kappa shape index (κ3) is 2.34. The number of esters is 1. The summed E-state index contributed by atoms with van der Waals surface area (Å²) in [6.07, 6.45) is 5.25. The maximum absolute atomic E-state index is 11.3. The van der Waals surface area contributed by atoms with Crippen LogP contribution in [0.4, 0.5) is 5.82 Å². The molecule has 2 rings (SSSR count). The number of rotatable bonds is 4. The minimum Gasteiger partial charge on any atom is -0.464 e. The summed E-state index contributed by atoms with van der Waals surface area (Å²) in [5.74, 6) is -0.216. The van der Waals surface area contributed by atoms with Gasteiger partial charge >= 0.3 is 5.97 Å². The summed E-state index contributed by atoms with van der Waals surface area (Å²) in [6, 6.07) is 0. The van der Waals surface area contributed by atoms with Gasteiger partial charge < -0.3 is 15.0 Å². The molecule has 0 atom stereocenters. The molecule has 2 heterocycles. The second-order valence-corrected chi connectivity index (χ2v) is 3.94. The molecule has 7 heteroatoms. The second kappa shape index (κ2) is 4.91. The smallest absolute Gasteiger partial charge is 0.360 e. The van der Waals surface area contributed by atoms with E-state index in [1.165, 1.54) is 13.4 Å². The summed E-state index contributed by atoms with van der Waals surface area (Å²) in [4.78, 5) is 15.3. The average molecular weight is 249 g/mol. The monoisotopic (exact) mass is 249 g/mol. The molecule has 0 radical (unpaired) electrons. The highest BCUT2D eigenvalue weighted by Gasteiger charge is 2.15. The summed E-state index contributed by atoms with van der Waals surface area (Å²) in [5.41, 5.74) is 7.07. The Morgan fingerprint density at radius 1 is 1.50 bits per heavy atom. The Hall–Kier alpha value is -2.31. The van der Waals surface area contributed by atoms with Crippen molar-refractivity contribution in [3.05, 3.63) is 30.0 Å². The van der Waals surface area contributed by atoms with E-state index in [0.29, 0.717) is 18.9 Å². The van der Waals surface area contributed by atoms with Crippen molar-refractivity contribution in [2.75, 3.05) is 12.8 Å². The van der Waals surface area contributed by atoms with Crippen molar-refractivity contribution in [2.24, 2.45) is 0 Å². The lowest BCUT2D eigenvalue weighted by molar-refractivity contribution is 0.0596. The highest BCUT2D eigenvalue weighted by molar-refractivity contribution is 5.91. The maximum Gasteiger partial charge on any atom is 0.360 e. The predicted octanol–water partition coefficient (Wildman–Crippen LogP) is 0.457. The molecule has 2 aromatic rings. The number of hydrogen-bond donors (Lipinski definition) is 1. The van der Waals surface area contributed by atoms with E-state index >= 15 is 0 Å². The quantitative estimate of drug-likeness (QED) is 0.795. The van der Waals surface area contributed by atoms with Gasteiger partial charge in [0, 0.05) is 12.7 Å². The fourth-order valence-electron chi connectivity index (χ4n) is 1.62. The molecular weight excluding hydrogens is 234 g/mol. The minimum absolute atomic E-state index is 0.147. The zero-order valence-electron chi connectivity index (χ0n) is 10.3. The molecule has 0 aliphatic heterocycles. The van der Waals surface area contributed by atoms with Gasteiger partial charge in [-0.25, -0.2) is 9.78 Å². The standard InChI is InChI=1S/C11H15N5O2/c1-8-5-14-16(6-8)4-3-15-7-13-9(10(15)12)11(17)18-2/h5-7H,3-4,12H2,1-2H3. The molecule has 0 spiro atoms. The number of methoxy groups -OCH3 is 1. The largest absolute Gasteiger partial charge is 0.464 e. The Bertz CT molecular complexity index is 558. The molecule has 0 fully saturated rings. The molecule has 96 valence electrons. The van der Waals surface area contributed by atoms with Crippen molar-refractivity contribution in [1.82, 2.24) is 19.3 Å². The number of ether oxygens (including phenoxy) is 1. The Morgan fingerprint density at radius 2 is 2.28 bits per heavy atom. The Morgan fingerprint density at radius 3 is 2.89 bits per heavy atom. The van der Waals surface area contributed by atoms with Crippen LogP contribution in [0.3, 0.4) is 0 Å². The number of nitrogen functional groups attached to an aromatic ring is 1. The van der Waals surface area contributed by atoms with Crippen LogP contribution in [0.5, 0.6) is 0 Å². The molecule has 18 heavy (non-hydrogen) atoms. The van der Waals surface area contributed by atoms with E-state index in [9.17, 15) is 4.79 Å². The van der Waals surface area contributed by atoms with Crippen molar-refractivity contribution in [3.63, 3.8) is 0 Å². The van der Waals surface area contributed by atoms with E-state index in [1.54, 1.807) is 10.8 Å². The van der Waals surface area contributed by atoms with Crippen molar-refractivity contribution < 1.29 is 9.53 Å². The normalized spacial score (nSPS) is 10.6. The van der Waals surface area contributed by atoms with E-state index in [0.717, 1.165) is 5.56 Å². The van der Waals surface area contributed by atoms with Crippen LogP contribution in [0.2, 0.25) is 0 Å². The van der Waals surface area contributed by atoms with Crippen LogP contribution >= 0.6 is 0 Å². The fraction of sp³-hybridized carbons (Fsp3) is 0.364. The molecule has 0 unspecified atom stereocenters. The first-order valence-electron chi connectivity index (χ1n) is 5.49. The number of nitrogens with two attached hydrogens (primary N) is 1. The number of imidazole rings is 1. The van der Waals surface area contributed by atoms with E-state index in [2.05, 4.69) is 14.8 Å². The van der Waals surface area contributed by atoms with Gasteiger partial charge in [-0.2, -0.15) is 5.10 Å². The lowest BCUT2D eigenvalue weighted by Gasteiger charge is -2.05. The van der Waals surface area contributed by atoms with Crippen molar-refractivity contribution in [3.8, 4) is 0 Å². The van der Waals surface area contributed by atoms with Crippen molar-refractivity contribution in [2.45, 2.75) is 20.0 Å². The zero-order chi connectivity index (χ0) is 13.1. The summed E-state index contributed by atoms with van der Waals surface area (Å²) in [5, 5.41) is 4.17. The third-order valence-electron chi connectivity index (χ3n) is 2.59. The van der Waals surface area contributed by atoms with Crippen LogP contribution in [-0.2, 0) is 17.8 Å². The van der Waals surface area contributed by atoms with Crippen LogP contribution in [0.1, 0.15) is 16.1 Å². The van der Waals surface area contributed by atoms with Crippen LogP contribution in [0.25, 0.3) is 0 Å². The molecule has 0 aromatic carbocycles. The van der Waals surface area contributed by atoms with Gasteiger partial charge in [0.2, 0.25) is 0 Å². The van der Waals surface area contributed by atoms with Gasteiger partial charge in [0.05, 0.1) is 26.2 Å². The fourth-order valence-corrected chi connectivity index (χ4v) is 1.62. The summed E-state index contributed by atoms with van der Waals surface area (Å²) in [7, 11) is 1.30. The van der Waals surface area contributed by atoms with Crippen molar-refractivity contribution in [1.29, 1.82) is 0 Å². The van der Waals surface area contributed by atoms with Crippen LogP contribution < -0.4 is 5.73 Å². The zero-order valence-corrected chi connectivity index (χ0v) is 10.3. The number of carbonyl (C=O) groups is 1. The Kier molecular flexibility index (Phi) is 3.31. The van der Waals surface area contributed by atoms with Gasteiger partial charge in [0.1, 0.15) is 5.82 Å². The first kappa shape index (κ1) is 12.2. The molecule has 2 aromatic heterocycles. The lowest BCUT2D eigenvalue weighted by atomic mass is 10.4. The summed E-state index contributed by atoms with van der Waals surface area (Å²) >= 11 is 0. The Labute approximate surface area is 104 Å². The Balaban J connectivity index is 2.06. The molecule has 0 aliphatic carbocycles. The number of anilines is 1. The predicted molar refractivity (Wildman–Crippen MR) is 64.9 cm³/mol.